The maximum Gasteiger partial charge on any atom is 0.0346 e. The second kappa shape index (κ2) is 4.91. The maximum atomic E-state index is 3.77. The molecule has 2 aliphatic rings. The van der Waals surface area contributed by atoms with Crippen molar-refractivity contribution in [3.05, 3.63) is 12.7 Å². The average Bonchev–Trinajstić information content (AvgIpc) is 2.14. The predicted octanol–water partition coefficient (Wildman–Crippen LogP) is 0.152. The van der Waals surface area contributed by atoms with E-state index in [1.165, 1.54) is 45.8 Å². The molecule has 1 N–H and O–H groups in total. The Hall–Kier alpha value is -0.380. The van der Waals surface area contributed by atoms with E-state index in [2.05, 4.69) is 21.7 Å². The Morgan fingerprint density at radius 1 is 1.21 bits per heavy atom. The Labute approximate surface area is 86.8 Å². The highest BCUT2D eigenvalue weighted by molar-refractivity contribution is 4.87. The molecule has 80 valence electrons. The van der Waals surface area contributed by atoms with Gasteiger partial charge in [-0.2, -0.15) is 0 Å². The fraction of sp³-hybridized carbons (Fsp3) is 0.818. The van der Waals surface area contributed by atoms with Gasteiger partial charge in [-0.05, 0) is 6.42 Å². The number of rotatable bonds is 4. The van der Waals surface area contributed by atoms with E-state index in [0.717, 1.165) is 12.5 Å². The summed E-state index contributed by atoms with van der Waals surface area (Å²) < 4.78 is 0. The first-order valence-corrected chi connectivity index (χ1v) is 5.68. The number of hydrogen-bond donors (Lipinski definition) is 1. The van der Waals surface area contributed by atoms with E-state index >= 15 is 0 Å². The molecule has 14 heavy (non-hydrogen) atoms. The monoisotopic (exact) mass is 195 g/mol. The minimum absolute atomic E-state index is 0.830. The Kier molecular flexibility index (Phi) is 3.56. The van der Waals surface area contributed by atoms with E-state index in [0.29, 0.717) is 0 Å². The molecule has 3 nitrogen and oxygen atoms in total. The summed E-state index contributed by atoms with van der Waals surface area (Å²) >= 11 is 0. The standard InChI is InChI=1S/C11H21N3/c1-2-3-4-13-5-7-14(8-6-13)11-9-12-10-11/h2,11-12H,1,3-10H2. The van der Waals surface area contributed by atoms with Crippen molar-refractivity contribution < 1.29 is 0 Å². The molecular weight excluding hydrogens is 174 g/mol. The second-order valence-electron chi connectivity index (χ2n) is 4.27. The Morgan fingerprint density at radius 3 is 2.43 bits per heavy atom. The Bertz CT molecular complexity index is 181. The summed E-state index contributed by atoms with van der Waals surface area (Å²) in [5.74, 6) is 0. The second-order valence-corrected chi connectivity index (χ2v) is 4.27. The van der Waals surface area contributed by atoms with Gasteiger partial charge in [-0.1, -0.05) is 6.08 Å². The van der Waals surface area contributed by atoms with Gasteiger partial charge in [-0.25, -0.2) is 0 Å². The van der Waals surface area contributed by atoms with Gasteiger partial charge in [0.2, 0.25) is 0 Å². The molecule has 0 atom stereocenters. The van der Waals surface area contributed by atoms with Crippen molar-refractivity contribution in [1.82, 2.24) is 15.1 Å². The molecule has 0 amide bonds. The minimum atomic E-state index is 0.830. The van der Waals surface area contributed by atoms with Gasteiger partial charge >= 0.3 is 0 Å². The fourth-order valence-electron chi connectivity index (χ4n) is 2.16. The summed E-state index contributed by atoms with van der Waals surface area (Å²) in [6, 6.07) is 0.830. The van der Waals surface area contributed by atoms with Crippen LogP contribution in [0.25, 0.3) is 0 Å². The highest BCUT2D eigenvalue weighted by Crippen LogP contribution is 2.09. The molecule has 0 spiro atoms. The van der Waals surface area contributed by atoms with E-state index in [9.17, 15) is 0 Å². The van der Waals surface area contributed by atoms with E-state index in [-0.39, 0.29) is 0 Å². The number of hydrogen-bond acceptors (Lipinski definition) is 3. The lowest BCUT2D eigenvalue weighted by atomic mass is 10.1. The van der Waals surface area contributed by atoms with Crippen LogP contribution in [0.4, 0.5) is 0 Å². The van der Waals surface area contributed by atoms with Crippen molar-refractivity contribution in [1.29, 1.82) is 0 Å². The molecule has 0 radical (unpaired) electrons. The van der Waals surface area contributed by atoms with Gasteiger partial charge in [0.15, 0.2) is 0 Å². The summed E-state index contributed by atoms with van der Waals surface area (Å²) in [6.45, 7) is 12.3. The van der Waals surface area contributed by atoms with Crippen LogP contribution in [0.5, 0.6) is 0 Å². The van der Waals surface area contributed by atoms with Crippen molar-refractivity contribution >= 4 is 0 Å². The normalized spacial score (nSPS) is 26.0. The average molecular weight is 195 g/mol. The number of nitrogens with zero attached hydrogens (tertiary/aromatic N) is 2. The summed E-state index contributed by atoms with van der Waals surface area (Å²) in [4.78, 5) is 5.17. The van der Waals surface area contributed by atoms with E-state index in [1.807, 2.05) is 6.08 Å². The van der Waals surface area contributed by atoms with Gasteiger partial charge in [-0.15, -0.1) is 6.58 Å². The van der Waals surface area contributed by atoms with Crippen LogP contribution in [-0.2, 0) is 0 Å². The molecule has 2 saturated heterocycles. The fourth-order valence-corrected chi connectivity index (χ4v) is 2.16. The first-order chi connectivity index (χ1) is 6.90. The van der Waals surface area contributed by atoms with Gasteiger partial charge in [0.25, 0.3) is 0 Å². The van der Waals surface area contributed by atoms with Gasteiger partial charge < -0.3 is 10.2 Å². The molecule has 3 heteroatoms. The van der Waals surface area contributed by atoms with E-state index < -0.39 is 0 Å². The van der Waals surface area contributed by atoms with Gasteiger partial charge in [-0.3, -0.25) is 4.90 Å². The van der Waals surface area contributed by atoms with Crippen LogP contribution in [-0.4, -0.2) is 61.7 Å². The first-order valence-electron chi connectivity index (χ1n) is 5.68. The lowest BCUT2D eigenvalue weighted by molar-refractivity contribution is 0.0737. The van der Waals surface area contributed by atoms with Crippen LogP contribution in [0, 0.1) is 0 Å². The van der Waals surface area contributed by atoms with E-state index in [4.69, 9.17) is 0 Å². The minimum Gasteiger partial charge on any atom is -0.314 e. The first kappa shape index (κ1) is 10.1. The lowest BCUT2D eigenvalue weighted by Gasteiger charge is -2.43. The van der Waals surface area contributed by atoms with Crippen LogP contribution in [0.3, 0.4) is 0 Å². The topological polar surface area (TPSA) is 18.5 Å². The smallest absolute Gasteiger partial charge is 0.0346 e. The molecule has 0 saturated carbocycles. The molecule has 0 aromatic rings. The van der Waals surface area contributed by atoms with Gasteiger partial charge in [0.05, 0.1) is 0 Å². The molecule has 2 aliphatic heterocycles. The number of nitrogens with one attached hydrogen (secondary N) is 1. The Morgan fingerprint density at radius 2 is 1.93 bits per heavy atom. The van der Waals surface area contributed by atoms with Crippen LogP contribution in [0.2, 0.25) is 0 Å². The third-order valence-corrected chi connectivity index (χ3v) is 3.33. The molecule has 0 aromatic carbocycles. The van der Waals surface area contributed by atoms with Crippen molar-refractivity contribution in [3.8, 4) is 0 Å². The molecule has 2 rings (SSSR count). The van der Waals surface area contributed by atoms with Crippen molar-refractivity contribution in [2.24, 2.45) is 0 Å². The molecule has 0 aliphatic carbocycles. The molecule has 2 fully saturated rings. The quantitative estimate of drug-likeness (QED) is 0.644. The molecule has 0 unspecified atom stereocenters. The zero-order valence-corrected chi connectivity index (χ0v) is 8.91. The van der Waals surface area contributed by atoms with Crippen LogP contribution >= 0.6 is 0 Å². The predicted molar refractivity (Wildman–Crippen MR) is 59.5 cm³/mol. The zero-order valence-electron chi connectivity index (χ0n) is 8.91. The summed E-state index contributed by atoms with van der Waals surface area (Å²) in [5.41, 5.74) is 0. The van der Waals surface area contributed by atoms with Crippen molar-refractivity contribution in [2.75, 3.05) is 45.8 Å². The lowest BCUT2D eigenvalue weighted by Crippen LogP contribution is -2.61. The van der Waals surface area contributed by atoms with E-state index in [1.54, 1.807) is 0 Å². The summed E-state index contributed by atoms with van der Waals surface area (Å²) in [7, 11) is 0. The number of piperazine rings is 1. The van der Waals surface area contributed by atoms with Crippen molar-refractivity contribution in [3.63, 3.8) is 0 Å². The van der Waals surface area contributed by atoms with Gasteiger partial charge in [0.1, 0.15) is 0 Å². The van der Waals surface area contributed by atoms with Crippen molar-refractivity contribution in [2.45, 2.75) is 12.5 Å². The van der Waals surface area contributed by atoms with Gasteiger partial charge in [0, 0.05) is 51.9 Å². The summed E-state index contributed by atoms with van der Waals surface area (Å²) in [6.07, 6.45) is 3.15. The third kappa shape index (κ3) is 2.35. The highest BCUT2D eigenvalue weighted by atomic mass is 15.3. The molecule has 0 aromatic heterocycles. The van der Waals surface area contributed by atoms with Crippen LogP contribution in [0.15, 0.2) is 12.7 Å². The zero-order chi connectivity index (χ0) is 9.80. The third-order valence-electron chi connectivity index (χ3n) is 3.33. The molecule has 0 bridgehead atoms. The largest absolute Gasteiger partial charge is 0.314 e. The molecule has 2 heterocycles. The molecular formula is C11H21N3. The SMILES string of the molecule is C=CCCN1CCN(C2CNC2)CC1. The maximum absolute atomic E-state index is 3.77. The van der Waals surface area contributed by atoms with Crippen LogP contribution in [0.1, 0.15) is 6.42 Å². The van der Waals surface area contributed by atoms with Crippen LogP contribution < -0.4 is 5.32 Å². The summed E-state index contributed by atoms with van der Waals surface area (Å²) in [5, 5.41) is 3.34. The Balaban J connectivity index is 1.66. The highest BCUT2D eigenvalue weighted by Gasteiger charge is 2.27.